The second-order valence-electron chi connectivity index (χ2n) is 5.69. The minimum atomic E-state index is -4.71. The van der Waals surface area contributed by atoms with Gasteiger partial charge in [0.1, 0.15) is 5.75 Å². The topological polar surface area (TPSA) is 53.4 Å². The molecule has 1 aromatic heterocycles. The van der Waals surface area contributed by atoms with Crippen LogP contribution in [0.5, 0.6) is 11.5 Å². The highest BCUT2D eigenvalue weighted by Gasteiger charge is 2.36. The van der Waals surface area contributed by atoms with Crippen molar-refractivity contribution in [1.29, 1.82) is 0 Å². The Morgan fingerprint density at radius 1 is 1.15 bits per heavy atom. The Labute approximate surface area is 153 Å². The Kier molecular flexibility index (Phi) is 4.89. The first kappa shape index (κ1) is 18.5. The van der Waals surface area contributed by atoms with E-state index in [-0.39, 0.29) is 11.3 Å². The summed E-state index contributed by atoms with van der Waals surface area (Å²) in [5.41, 5.74) is -0.392. The molecule has 2 aromatic carbocycles. The van der Waals surface area contributed by atoms with Crippen LogP contribution in [0.15, 0.2) is 55.1 Å². The van der Waals surface area contributed by atoms with E-state index in [0.29, 0.717) is 11.3 Å². The summed E-state index contributed by atoms with van der Waals surface area (Å²) in [6.07, 6.45) is -0.0000886. The molecule has 27 heavy (non-hydrogen) atoms. The van der Waals surface area contributed by atoms with E-state index in [1.165, 1.54) is 19.3 Å². The van der Waals surface area contributed by atoms with E-state index in [1.807, 2.05) is 0 Å². The maximum atomic E-state index is 13.6. The molecule has 5 nitrogen and oxygen atoms in total. The molecule has 0 aliphatic rings. The number of benzene rings is 2. The number of carbonyl (C=O) groups excluding carboxylic acids is 1. The van der Waals surface area contributed by atoms with Crippen LogP contribution < -0.4 is 4.74 Å². The maximum absolute atomic E-state index is 13.6. The molecule has 0 radical (unpaired) electrons. The molecule has 0 spiro atoms. The minimum absolute atomic E-state index is 0.167. The van der Waals surface area contributed by atoms with E-state index < -0.39 is 23.5 Å². The monoisotopic (exact) mass is 376 g/mol. The molecule has 3 aromatic rings. The summed E-state index contributed by atoms with van der Waals surface area (Å²) in [5.74, 6) is -1.03. The van der Waals surface area contributed by atoms with E-state index >= 15 is 0 Å². The summed E-state index contributed by atoms with van der Waals surface area (Å²) in [6.45, 7) is 1.51. The molecule has 0 fully saturated rings. The quantitative estimate of drug-likeness (QED) is 0.615. The van der Waals surface area contributed by atoms with Gasteiger partial charge in [0.25, 0.3) is 0 Å². The molecule has 0 aliphatic carbocycles. The second kappa shape index (κ2) is 7.14. The van der Waals surface area contributed by atoms with Crippen LogP contribution in [0, 0.1) is 6.92 Å². The molecule has 0 bridgehead atoms. The summed E-state index contributed by atoms with van der Waals surface area (Å²) < 4.78 is 52.5. The SMILES string of the molecule is COC(=O)c1cc(C(F)(F)F)c(Oc2ccccc2-n2ccnc2)cc1C. The van der Waals surface area contributed by atoms with Crippen molar-refractivity contribution in [1.82, 2.24) is 9.55 Å². The van der Waals surface area contributed by atoms with Gasteiger partial charge in [0.05, 0.1) is 30.3 Å². The first-order valence-corrected chi connectivity index (χ1v) is 7.86. The Bertz CT molecular complexity index is 967. The Morgan fingerprint density at radius 3 is 2.52 bits per heavy atom. The molecule has 140 valence electrons. The number of aromatic nitrogens is 2. The molecule has 0 amide bonds. The van der Waals surface area contributed by atoms with Crippen LogP contribution in [0.3, 0.4) is 0 Å². The average molecular weight is 376 g/mol. The number of hydrogen-bond donors (Lipinski definition) is 0. The first-order valence-electron chi connectivity index (χ1n) is 7.86. The summed E-state index contributed by atoms with van der Waals surface area (Å²) in [4.78, 5) is 15.7. The van der Waals surface area contributed by atoms with Crippen molar-refractivity contribution < 1.29 is 27.4 Å². The Balaban J connectivity index is 2.11. The molecule has 3 rings (SSSR count). The number of para-hydroxylation sites is 2. The first-order chi connectivity index (χ1) is 12.8. The fourth-order valence-electron chi connectivity index (χ4n) is 2.59. The highest BCUT2D eigenvalue weighted by Crippen LogP contribution is 2.41. The molecule has 1 heterocycles. The molecule has 0 unspecified atom stereocenters. The van der Waals surface area contributed by atoms with Crippen molar-refractivity contribution in [3.8, 4) is 17.2 Å². The van der Waals surface area contributed by atoms with Gasteiger partial charge in [-0.3, -0.25) is 0 Å². The smallest absolute Gasteiger partial charge is 0.420 e. The minimum Gasteiger partial charge on any atom is -0.465 e. The van der Waals surface area contributed by atoms with Crippen molar-refractivity contribution in [2.45, 2.75) is 13.1 Å². The highest BCUT2D eigenvalue weighted by molar-refractivity contribution is 5.91. The van der Waals surface area contributed by atoms with Gasteiger partial charge >= 0.3 is 12.1 Å². The van der Waals surface area contributed by atoms with Crippen LogP contribution >= 0.6 is 0 Å². The summed E-state index contributed by atoms with van der Waals surface area (Å²) in [6, 6.07) is 8.56. The number of nitrogens with zero attached hydrogens (tertiary/aromatic N) is 2. The fraction of sp³-hybridized carbons (Fsp3) is 0.158. The van der Waals surface area contributed by atoms with Gasteiger partial charge in [-0.25, -0.2) is 9.78 Å². The molecule has 0 saturated carbocycles. The zero-order chi connectivity index (χ0) is 19.6. The maximum Gasteiger partial charge on any atom is 0.420 e. The number of carbonyl (C=O) groups is 1. The third kappa shape index (κ3) is 3.79. The molecule has 0 saturated heterocycles. The number of imidazole rings is 1. The number of hydrogen-bond acceptors (Lipinski definition) is 4. The molecule has 0 atom stereocenters. The number of halogens is 3. The van der Waals surface area contributed by atoms with Gasteiger partial charge in [-0.05, 0) is 36.8 Å². The lowest BCUT2D eigenvalue weighted by molar-refractivity contribution is -0.138. The van der Waals surface area contributed by atoms with Crippen molar-refractivity contribution in [2.24, 2.45) is 0 Å². The number of methoxy groups -OCH3 is 1. The van der Waals surface area contributed by atoms with Crippen molar-refractivity contribution in [2.75, 3.05) is 7.11 Å². The predicted molar refractivity (Wildman–Crippen MR) is 91.2 cm³/mol. The lowest BCUT2D eigenvalue weighted by Gasteiger charge is -2.18. The summed E-state index contributed by atoms with van der Waals surface area (Å²) >= 11 is 0. The summed E-state index contributed by atoms with van der Waals surface area (Å²) in [7, 11) is 1.11. The molecule has 0 N–H and O–H groups in total. The van der Waals surface area contributed by atoms with Crippen molar-refractivity contribution in [3.05, 3.63) is 71.8 Å². The molecular formula is C19H15F3N2O3. The van der Waals surface area contributed by atoms with E-state index in [2.05, 4.69) is 9.72 Å². The number of ether oxygens (including phenoxy) is 2. The zero-order valence-corrected chi connectivity index (χ0v) is 14.4. The average Bonchev–Trinajstić information content (AvgIpc) is 3.15. The van der Waals surface area contributed by atoms with Gasteiger partial charge in [0.15, 0.2) is 5.75 Å². The van der Waals surface area contributed by atoms with Gasteiger partial charge < -0.3 is 14.0 Å². The fourth-order valence-corrected chi connectivity index (χ4v) is 2.59. The van der Waals surface area contributed by atoms with Gasteiger partial charge in [-0.2, -0.15) is 13.2 Å². The van der Waals surface area contributed by atoms with E-state index in [0.717, 1.165) is 13.2 Å². The number of rotatable bonds is 4. The van der Waals surface area contributed by atoms with Crippen molar-refractivity contribution >= 4 is 5.97 Å². The Morgan fingerprint density at radius 2 is 1.89 bits per heavy atom. The Hall–Kier alpha value is -3.29. The van der Waals surface area contributed by atoms with Gasteiger partial charge in [0.2, 0.25) is 0 Å². The second-order valence-corrected chi connectivity index (χ2v) is 5.69. The molecular weight excluding hydrogens is 361 g/mol. The zero-order valence-electron chi connectivity index (χ0n) is 14.4. The number of alkyl halides is 3. The van der Waals surface area contributed by atoms with E-state index in [4.69, 9.17) is 4.74 Å². The van der Waals surface area contributed by atoms with Gasteiger partial charge in [-0.15, -0.1) is 0 Å². The number of aryl methyl sites for hydroxylation is 1. The third-order valence-corrected chi connectivity index (χ3v) is 3.91. The van der Waals surface area contributed by atoms with E-state index in [1.54, 1.807) is 41.2 Å². The lowest BCUT2D eigenvalue weighted by atomic mass is 10.0. The van der Waals surface area contributed by atoms with Crippen LogP contribution in [0.1, 0.15) is 21.5 Å². The largest absolute Gasteiger partial charge is 0.465 e. The molecule has 0 aliphatic heterocycles. The van der Waals surface area contributed by atoms with Crippen LogP contribution in [0.4, 0.5) is 13.2 Å². The van der Waals surface area contributed by atoms with Crippen LogP contribution in [-0.4, -0.2) is 22.6 Å². The third-order valence-electron chi connectivity index (χ3n) is 3.91. The molecule has 8 heteroatoms. The van der Waals surface area contributed by atoms with Gasteiger partial charge in [-0.1, -0.05) is 12.1 Å². The highest BCUT2D eigenvalue weighted by atomic mass is 19.4. The van der Waals surface area contributed by atoms with E-state index in [9.17, 15) is 18.0 Å². The standard InChI is InChI=1S/C19H15F3N2O3/c1-12-9-17(14(19(20,21)22)10-13(12)18(25)26-2)27-16-6-4-3-5-15(16)24-8-7-23-11-24/h3-11H,1-2H3. The van der Waals surface area contributed by atoms with Crippen molar-refractivity contribution in [3.63, 3.8) is 0 Å². The summed E-state index contributed by atoms with van der Waals surface area (Å²) in [5, 5.41) is 0. The lowest BCUT2D eigenvalue weighted by Crippen LogP contribution is -2.12. The number of esters is 1. The van der Waals surface area contributed by atoms with Crippen LogP contribution in [0.25, 0.3) is 5.69 Å². The predicted octanol–water partition coefficient (Wildman–Crippen LogP) is 4.78. The van der Waals surface area contributed by atoms with Crippen LogP contribution in [-0.2, 0) is 10.9 Å². The van der Waals surface area contributed by atoms with Gasteiger partial charge in [0, 0.05) is 12.4 Å². The normalized spacial score (nSPS) is 11.3. The van der Waals surface area contributed by atoms with Crippen LogP contribution in [0.2, 0.25) is 0 Å².